The summed E-state index contributed by atoms with van der Waals surface area (Å²) < 4.78 is 5.40. The smallest absolute Gasteiger partial charge is 0.255 e. The molecular weight excluding hydrogens is 328 g/mol. The van der Waals surface area contributed by atoms with Gasteiger partial charge in [0.2, 0.25) is 0 Å². The van der Waals surface area contributed by atoms with Crippen molar-refractivity contribution in [3.8, 4) is 17.0 Å². The van der Waals surface area contributed by atoms with Crippen molar-refractivity contribution in [3.05, 3.63) is 78.0 Å². The molecule has 0 bridgehead atoms. The molecule has 0 radical (unpaired) electrons. The van der Waals surface area contributed by atoms with Gasteiger partial charge in [0.1, 0.15) is 5.75 Å². The van der Waals surface area contributed by atoms with Crippen molar-refractivity contribution in [2.45, 2.75) is 13.0 Å². The Labute approximate surface area is 152 Å². The van der Waals surface area contributed by atoms with Crippen molar-refractivity contribution in [1.29, 1.82) is 0 Å². The van der Waals surface area contributed by atoms with Crippen LogP contribution in [0.25, 0.3) is 11.3 Å². The minimum Gasteiger partial charge on any atom is -0.496 e. The third-order valence-corrected chi connectivity index (χ3v) is 4.06. The van der Waals surface area contributed by atoms with Crippen LogP contribution >= 0.6 is 0 Å². The molecule has 26 heavy (non-hydrogen) atoms. The summed E-state index contributed by atoms with van der Waals surface area (Å²) in [6, 6.07) is 18.0. The van der Waals surface area contributed by atoms with E-state index in [9.17, 15) is 9.90 Å². The Hall–Kier alpha value is -3.18. The molecule has 0 saturated heterocycles. The first-order valence-corrected chi connectivity index (χ1v) is 8.28. The largest absolute Gasteiger partial charge is 0.496 e. The predicted molar refractivity (Wildman–Crippen MR) is 101 cm³/mol. The number of anilines is 1. The van der Waals surface area contributed by atoms with E-state index in [1.807, 2.05) is 30.3 Å². The molecule has 0 spiro atoms. The summed E-state index contributed by atoms with van der Waals surface area (Å²) >= 11 is 0. The third-order valence-electron chi connectivity index (χ3n) is 4.06. The number of carbonyl (C=O) groups excluding carboxylic acids is 1. The molecule has 1 unspecified atom stereocenters. The normalized spacial score (nSPS) is 11.7. The molecule has 2 N–H and O–H groups in total. The van der Waals surface area contributed by atoms with Crippen molar-refractivity contribution in [3.63, 3.8) is 0 Å². The quantitative estimate of drug-likeness (QED) is 0.729. The van der Waals surface area contributed by atoms with Crippen LogP contribution in [0.2, 0.25) is 0 Å². The summed E-state index contributed by atoms with van der Waals surface area (Å²) in [6.45, 7) is 1.66. The number of rotatable bonds is 5. The number of para-hydroxylation sites is 1. The molecule has 1 heterocycles. The minimum absolute atomic E-state index is 0.266. The number of ether oxygens (including phenoxy) is 1. The van der Waals surface area contributed by atoms with Gasteiger partial charge in [0.25, 0.3) is 5.91 Å². The monoisotopic (exact) mass is 348 g/mol. The fourth-order valence-electron chi connectivity index (χ4n) is 2.74. The lowest BCUT2D eigenvalue weighted by atomic mass is 10.0. The van der Waals surface area contributed by atoms with Crippen molar-refractivity contribution in [2.24, 2.45) is 0 Å². The summed E-state index contributed by atoms with van der Waals surface area (Å²) in [4.78, 5) is 17.1. The van der Waals surface area contributed by atoms with Gasteiger partial charge >= 0.3 is 0 Å². The zero-order valence-electron chi connectivity index (χ0n) is 14.6. The molecule has 5 nitrogen and oxygen atoms in total. The van der Waals surface area contributed by atoms with Crippen LogP contribution in [0.15, 0.2) is 66.9 Å². The number of aliphatic hydroxyl groups excluding tert-OH is 1. The predicted octanol–water partition coefficient (Wildman–Crippen LogP) is 4.06. The maximum Gasteiger partial charge on any atom is 0.255 e. The lowest BCUT2D eigenvalue weighted by Crippen LogP contribution is -2.14. The van der Waals surface area contributed by atoms with Crippen molar-refractivity contribution in [1.82, 2.24) is 4.98 Å². The maximum absolute atomic E-state index is 12.7. The van der Waals surface area contributed by atoms with E-state index < -0.39 is 6.10 Å². The fraction of sp³-hybridized carbons (Fsp3) is 0.143. The van der Waals surface area contributed by atoms with Gasteiger partial charge in [-0.15, -0.1) is 0 Å². The molecule has 1 amide bonds. The Morgan fingerprint density at radius 3 is 2.58 bits per heavy atom. The lowest BCUT2D eigenvalue weighted by Gasteiger charge is -2.14. The van der Waals surface area contributed by atoms with Crippen LogP contribution in [0, 0.1) is 0 Å². The number of benzene rings is 2. The van der Waals surface area contributed by atoms with E-state index >= 15 is 0 Å². The highest BCUT2D eigenvalue weighted by molar-refractivity contribution is 6.05. The first-order valence-electron chi connectivity index (χ1n) is 8.28. The molecule has 132 valence electrons. The van der Waals surface area contributed by atoms with Gasteiger partial charge in [-0.2, -0.15) is 0 Å². The van der Waals surface area contributed by atoms with Crippen molar-refractivity contribution < 1.29 is 14.6 Å². The van der Waals surface area contributed by atoms with E-state index in [2.05, 4.69) is 10.3 Å². The van der Waals surface area contributed by atoms with E-state index in [1.165, 1.54) is 0 Å². The zero-order valence-corrected chi connectivity index (χ0v) is 14.6. The Morgan fingerprint density at radius 1 is 1.12 bits per heavy atom. The molecule has 1 atom stereocenters. The molecule has 3 aromatic rings. The van der Waals surface area contributed by atoms with Crippen LogP contribution in [0.1, 0.15) is 28.9 Å². The Kier molecular flexibility index (Phi) is 5.29. The molecule has 3 rings (SSSR count). The summed E-state index contributed by atoms with van der Waals surface area (Å²) in [5, 5.41) is 12.7. The van der Waals surface area contributed by atoms with Gasteiger partial charge in [0.15, 0.2) is 0 Å². The number of aliphatic hydroxyl groups is 1. The summed E-state index contributed by atoms with van der Waals surface area (Å²) in [5.41, 5.74) is 3.20. The van der Waals surface area contributed by atoms with Crippen LogP contribution < -0.4 is 10.1 Å². The summed E-state index contributed by atoms with van der Waals surface area (Å²) in [7, 11) is 1.58. The van der Waals surface area contributed by atoms with Crippen molar-refractivity contribution >= 4 is 11.6 Å². The van der Waals surface area contributed by atoms with Gasteiger partial charge in [-0.1, -0.05) is 24.3 Å². The van der Waals surface area contributed by atoms with Crippen LogP contribution in [-0.4, -0.2) is 23.1 Å². The number of carbonyl (C=O) groups is 1. The number of nitrogens with zero attached hydrogens (tertiary/aromatic N) is 1. The summed E-state index contributed by atoms with van der Waals surface area (Å²) in [6.07, 6.45) is 1.02. The van der Waals surface area contributed by atoms with Crippen LogP contribution in [0.4, 0.5) is 5.69 Å². The maximum atomic E-state index is 12.7. The molecule has 1 aromatic heterocycles. The number of pyridine rings is 1. The zero-order chi connectivity index (χ0) is 18.5. The van der Waals surface area contributed by atoms with Gasteiger partial charge < -0.3 is 15.2 Å². The van der Waals surface area contributed by atoms with Crippen LogP contribution in [0.5, 0.6) is 5.75 Å². The first kappa shape index (κ1) is 17.6. The molecule has 0 aliphatic heterocycles. The van der Waals surface area contributed by atoms with E-state index in [1.54, 1.807) is 50.6 Å². The lowest BCUT2D eigenvalue weighted by molar-refractivity contribution is 0.102. The Balaban J connectivity index is 1.94. The molecule has 0 fully saturated rings. The number of nitrogens with one attached hydrogen (secondary N) is 1. The van der Waals surface area contributed by atoms with E-state index in [-0.39, 0.29) is 5.91 Å². The number of hydrogen-bond acceptors (Lipinski definition) is 4. The highest BCUT2D eigenvalue weighted by Gasteiger charge is 2.15. The van der Waals surface area contributed by atoms with Gasteiger partial charge in [-0.05, 0) is 43.3 Å². The van der Waals surface area contributed by atoms with Gasteiger partial charge in [-0.3, -0.25) is 9.78 Å². The second kappa shape index (κ2) is 7.80. The van der Waals surface area contributed by atoms with E-state index in [0.717, 1.165) is 11.3 Å². The van der Waals surface area contributed by atoms with Crippen LogP contribution in [-0.2, 0) is 0 Å². The topological polar surface area (TPSA) is 71.5 Å². The van der Waals surface area contributed by atoms with Gasteiger partial charge in [0, 0.05) is 28.6 Å². The number of hydrogen-bond donors (Lipinski definition) is 2. The highest BCUT2D eigenvalue weighted by Crippen LogP contribution is 2.30. The number of methoxy groups -OCH3 is 1. The molecule has 2 aromatic carbocycles. The molecule has 0 saturated carbocycles. The van der Waals surface area contributed by atoms with Gasteiger partial charge in [0.05, 0.1) is 18.9 Å². The van der Waals surface area contributed by atoms with E-state index in [0.29, 0.717) is 22.6 Å². The average Bonchev–Trinajstić information content (AvgIpc) is 2.68. The second-order valence-electron chi connectivity index (χ2n) is 5.85. The first-order chi connectivity index (χ1) is 12.6. The second-order valence-corrected chi connectivity index (χ2v) is 5.85. The average molecular weight is 348 g/mol. The Morgan fingerprint density at radius 2 is 1.88 bits per heavy atom. The fourth-order valence-corrected chi connectivity index (χ4v) is 2.74. The minimum atomic E-state index is -0.675. The third kappa shape index (κ3) is 3.73. The highest BCUT2D eigenvalue weighted by atomic mass is 16.5. The standard InChI is InChI=1S/C21H20N2O3/c1-14(24)16-7-3-4-9-19(16)23-21(25)15-10-11-20(26-2)17(13-15)18-8-5-6-12-22-18/h3-14,24H,1-2H3,(H,23,25). The van der Waals surface area contributed by atoms with Crippen molar-refractivity contribution in [2.75, 3.05) is 12.4 Å². The number of aromatic nitrogens is 1. The SMILES string of the molecule is COc1ccc(C(=O)Nc2ccccc2C(C)O)cc1-c1ccccn1. The molecular formula is C21H20N2O3. The molecule has 0 aliphatic carbocycles. The summed E-state index contributed by atoms with van der Waals surface area (Å²) in [5.74, 6) is 0.377. The molecule has 5 heteroatoms. The van der Waals surface area contributed by atoms with E-state index in [4.69, 9.17) is 4.74 Å². The molecule has 0 aliphatic rings. The van der Waals surface area contributed by atoms with Crippen LogP contribution in [0.3, 0.4) is 0 Å². The Bertz CT molecular complexity index is 908. The number of amides is 1. The van der Waals surface area contributed by atoms with Gasteiger partial charge in [-0.25, -0.2) is 0 Å².